The van der Waals surface area contributed by atoms with Gasteiger partial charge in [0.2, 0.25) is 0 Å². The minimum Gasteiger partial charge on any atom is -0.352 e. The molecule has 4 rings (SSSR count). The average molecular weight is 362 g/mol. The van der Waals surface area contributed by atoms with Gasteiger partial charge in [-0.3, -0.25) is 4.68 Å². The Bertz CT molecular complexity index is 995. The normalized spacial score (nSPS) is 14.6. The lowest BCUT2D eigenvalue weighted by atomic mass is 10.2. The lowest BCUT2D eigenvalue weighted by Crippen LogP contribution is -2.47. The molecule has 1 fully saturated rings. The second-order valence-corrected chi connectivity index (χ2v) is 6.68. The SMILES string of the molecule is CCCc1nc(N2CCN(c3ncccc3C#N)CC2)c2cnn(C)c2n1. The quantitative estimate of drug-likeness (QED) is 0.700. The van der Waals surface area contributed by atoms with Crippen molar-refractivity contribution in [1.29, 1.82) is 5.26 Å². The number of hydrogen-bond acceptors (Lipinski definition) is 7. The third-order valence-corrected chi connectivity index (χ3v) is 4.88. The van der Waals surface area contributed by atoms with Crippen molar-refractivity contribution in [1.82, 2.24) is 24.7 Å². The number of aromatic nitrogens is 5. The number of piperazine rings is 1. The van der Waals surface area contributed by atoms with Crippen LogP contribution in [0.2, 0.25) is 0 Å². The zero-order valence-corrected chi connectivity index (χ0v) is 15.6. The van der Waals surface area contributed by atoms with Gasteiger partial charge in [0.15, 0.2) is 5.65 Å². The summed E-state index contributed by atoms with van der Waals surface area (Å²) in [6, 6.07) is 5.85. The van der Waals surface area contributed by atoms with Crippen molar-refractivity contribution in [2.75, 3.05) is 36.0 Å². The fourth-order valence-corrected chi connectivity index (χ4v) is 3.49. The molecule has 27 heavy (non-hydrogen) atoms. The first-order valence-corrected chi connectivity index (χ1v) is 9.25. The van der Waals surface area contributed by atoms with E-state index in [1.807, 2.05) is 24.0 Å². The highest BCUT2D eigenvalue weighted by atomic mass is 15.3. The lowest BCUT2D eigenvalue weighted by molar-refractivity contribution is 0.640. The van der Waals surface area contributed by atoms with E-state index in [2.05, 4.69) is 37.9 Å². The van der Waals surface area contributed by atoms with Gasteiger partial charge in [-0.25, -0.2) is 15.0 Å². The first kappa shape index (κ1) is 17.2. The summed E-state index contributed by atoms with van der Waals surface area (Å²) < 4.78 is 1.81. The standard InChI is InChI=1S/C19H22N8/c1-3-5-16-23-18-15(13-22-25(18)2)19(24-16)27-10-8-26(9-11-27)17-14(12-20)6-4-7-21-17/h4,6-7,13H,3,5,8-11H2,1-2H3. The summed E-state index contributed by atoms with van der Waals surface area (Å²) in [4.78, 5) is 18.4. The molecule has 8 nitrogen and oxygen atoms in total. The van der Waals surface area contributed by atoms with Gasteiger partial charge in [-0.15, -0.1) is 0 Å². The third-order valence-electron chi connectivity index (χ3n) is 4.88. The van der Waals surface area contributed by atoms with E-state index in [9.17, 15) is 5.26 Å². The summed E-state index contributed by atoms with van der Waals surface area (Å²) in [6.45, 7) is 5.35. The number of nitrogens with zero attached hydrogens (tertiary/aromatic N) is 8. The minimum atomic E-state index is 0.618. The first-order chi connectivity index (χ1) is 13.2. The van der Waals surface area contributed by atoms with E-state index in [0.717, 1.165) is 67.5 Å². The van der Waals surface area contributed by atoms with Crippen molar-refractivity contribution in [2.24, 2.45) is 7.05 Å². The van der Waals surface area contributed by atoms with Crippen LogP contribution in [0.4, 0.5) is 11.6 Å². The number of fused-ring (bicyclic) bond motifs is 1. The lowest BCUT2D eigenvalue weighted by Gasteiger charge is -2.36. The number of hydrogen-bond donors (Lipinski definition) is 0. The highest BCUT2D eigenvalue weighted by molar-refractivity contribution is 5.87. The van der Waals surface area contributed by atoms with Crippen molar-refractivity contribution in [3.63, 3.8) is 0 Å². The molecule has 0 spiro atoms. The van der Waals surface area contributed by atoms with Crippen LogP contribution in [0.15, 0.2) is 24.5 Å². The van der Waals surface area contributed by atoms with Crippen LogP contribution in [0.25, 0.3) is 11.0 Å². The Labute approximate surface area is 158 Å². The largest absolute Gasteiger partial charge is 0.352 e. The van der Waals surface area contributed by atoms with Gasteiger partial charge in [0.1, 0.15) is 23.5 Å². The number of nitriles is 1. The minimum absolute atomic E-state index is 0.618. The van der Waals surface area contributed by atoms with Gasteiger partial charge in [0, 0.05) is 45.8 Å². The maximum atomic E-state index is 9.33. The Kier molecular flexibility index (Phi) is 4.59. The Balaban J connectivity index is 1.60. The van der Waals surface area contributed by atoms with Gasteiger partial charge in [-0.05, 0) is 18.6 Å². The Hall–Kier alpha value is -3.21. The zero-order chi connectivity index (χ0) is 18.8. The molecule has 3 aromatic rings. The van der Waals surface area contributed by atoms with E-state index in [0.29, 0.717) is 5.56 Å². The van der Waals surface area contributed by atoms with Crippen molar-refractivity contribution in [3.8, 4) is 6.07 Å². The van der Waals surface area contributed by atoms with Crippen LogP contribution < -0.4 is 9.80 Å². The molecule has 0 bridgehead atoms. The molecular weight excluding hydrogens is 340 g/mol. The number of pyridine rings is 1. The third kappa shape index (κ3) is 3.16. The molecule has 0 radical (unpaired) electrons. The van der Waals surface area contributed by atoms with E-state index in [4.69, 9.17) is 4.98 Å². The molecule has 1 aliphatic rings. The molecule has 8 heteroatoms. The van der Waals surface area contributed by atoms with Gasteiger partial charge < -0.3 is 9.80 Å². The molecule has 0 aliphatic carbocycles. The summed E-state index contributed by atoms with van der Waals surface area (Å²) in [5.41, 5.74) is 1.50. The summed E-state index contributed by atoms with van der Waals surface area (Å²) >= 11 is 0. The zero-order valence-electron chi connectivity index (χ0n) is 15.6. The van der Waals surface area contributed by atoms with Crippen LogP contribution in [-0.4, -0.2) is 50.9 Å². The van der Waals surface area contributed by atoms with E-state index >= 15 is 0 Å². The summed E-state index contributed by atoms with van der Waals surface area (Å²) in [5.74, 6) is 2.58. The molecule has 0 atom stereocenters. The van der Waals surface area contributed by atoms with Crippen LogP contribution in [0.3, 0.4) is 0 Å². The van der Waals surface area contributed by atoms with Crippen LogP contribution in [0.5, 0.6) is 0 Å². The molecule has 138 valence electrons. The average Bonchev–Trinajstić information content (AvgIpc) is 3.09. The van der Waals surface area contributed by atoms with Crippen LogP contribution >= 0.6 is 0 Å². The van der Waals surface area contributed by atoms with Crippen molar-refractivity contribution >= 4 is 22.7 Å². The summed E-state index contributed by atoms with van der Waals surface area (Å²) in [6.07, 6.45) is 5.45. The molecule has 0 aromatic carbocycles. The number of anilines is 2. The molecule has 1 aliphatic heterocycles. The Morgan fingerprint density at radius 2 is 1.85 bits per heavy atom. The Morgan fingerprint density at radius 1 is 1.11 bits per heavy atom. The van der Waals surface area contributed by atoms with Gasteiger partial charge in [0.05, 0.1) is 17.1 Å². The molecule has 0 N–H and O–H groups in total. The van der Waals surface area contributed by atoms with E-state index in [1.54, 1.807) is 12.3 Å². The van der Waals surface area contributed by atoms with Gasteiger partial charge in [-0.2, -0.15) is 10.4 Å². The maximum absolute atomic E-state index is 9.33. The van der Waals surface area contributed by atoms with Crippen molar-refractivity contribution < 1.29 is 0 Å². The van der Waals surface area contributed by atoms with Crippen LogP contribution in [-0.2, 0) is 13.5 Å². The van der Waals surface area contributed by atoms with Crippen LogP contribution in [0.1, 0.15) is 24.7 Å². The molecule has 3 aromatic heterocycles. The van der Waals surface area contributed by atoms with Crippen molar-refractivity contribution in [2.45, 2.75) is 19.8 Å². The predicted molar refractivity (Wildman–Crippen MR) is 104 cm³/mol. The summed E-state index contributed by atoms with van der Waals surface area (Å²) in [7, 11) is 1.91. The molecule has 0 amide bonds. The predicted octanol–water partition coefficient (Wildman–Crippen LogP) is 1.91. The molecule has 1 saturated heterocycles. The maximum Gasteiger partial charge on any atom is 0.163 e. The second kappa shape index (κ2) is 7.19. The van der Waals surface area contributed by atoms with E-state index in [-0.39, 0.29) is 0 Å². The Morgan fingerprint density at radius 3 is 2.56 bits per heavy atom. The fraction of sp³-hybridized carbons (Fsp3) is 0.421. The van der Waals surface area contributed by atoms with Crippen LogP contribution in [0, 0.1) is 11.3 Å². The highest BCUT2D eigenvalue weighted by Gasteiger charge is 2.24. The van der Waals surface area contributed by atoms with Crippen molar-refractivity contribution in [3.05, 3.63) is 35.9 Å². The second-order valence-electron chi connectivity index (χ2n) is 6.68. The van der Waals surface area contributed by atoms with Gasteiger partial charge in [0.25, 0.3) is 0 Å². The molecular formula is C19H22N8. The highest BCUT2D eigenvalue weighted by Crippen LogP contribution is 2.26. The van der Waals surface area contributed by atoms with E-state index in [1.165, 1.54) is 0 Å². The molecule has 0 unspecified atom stereocenters. The monoisotopic (exact) mass is 362 g/mol. The number of rotatable bonds is 4. The van der Waals surface area contributed by atoms with Gasteiger partial charge in [-0.1, -0.05) is 6.92 Å². The smallest absolute Gasteiger partial charge is 0.163 e. The molecule has 0 saturated carbocycles. The van der Waals surface area contributed by atoms with E-state index < -0.39 is 0 Å². The van der Waals surface area contributed by atoms with Gasteiger partial charge >= 0.3 is 0 Å². The summed E-state index contributed by atoms with van der Waals surface area (Å²) in [5, 5.41) is 14.7. The first-order valence-electron chi connectivity index (χ1n) is 9.25. The topological polar surface area (TPSA) is 86.8 Å². The molecule has 4 heterocycles. The number of aryl methyl sites for hydroxylation is 2. The fourth-order valence-electron chi connectivity index (χ4n) is 3.49.